The Morgan fingerprint density at radius 1 is 1.16 bits per heavy atom. The maximum atomic E-state index is 12.5. The normalized spacial score (nSPS) is 16.0. The summed E-state index contributed by atoms with van der Waals surface area (Å²) in [7, 11) is 0. The molecule has 3 rings (SSSR count). The molecule has 2 N–H and O–H groups in total. The van der Waals surface area contributed by atoms with E-state index in [-0.39, 0.29) is 5.91 Å². The average Bonchev–Trinajstić information content (AvgIpc) is 2.75. The molecule has 0 aliphatic carbocycles. The van der Waals surface area contributed by atoms with Gasteiger partial charge in [-0.15, -0.1) is 0 Å². The Morgan fingerprint density at radius 3 is 2.42 bits per heavy atom. The molecule has 0 unspecified atom stereocenters. The molecule has 1 aliphatic rings. The monoisotopic (exact) mass is 425 g/mol. The number of piperidine rings is 1. The smallest absolute Gasteiger partial charge is 0.254 e. The highest BCUT2D eigenvalue weighted by atomic mass is 16.5. The first-order valence-electron chi connectivity index (χ1n) is 11.3. The van der Waals surface area contributed by atoms with Crippen molar-refractivity contribution in [3.8, 4) is 5.75 Å². The molecule has 1 fully saturated rings. The van der Waals surface area contributed by atoms with E-state index in [2.05, 4.69) is 44.6 Å². The summed E-state index contributed by atoms with van der Waals surface area (Å²) in [4.78, 5) is 23.3. The van der Waals surface area contributed by atoms with Crippen LogP contribution in [0.5, 0.6) is 5.75 Å². The first-order valence-corrected chi connectivity index (χ1v) is 11.3. The van der Waals surface area contributed by atoms with Crippen molar-refractivity contribution < 1.29 is 9.53 Å². The Morgan fingerprint density at radius 2 is 1.81 bits per heavy atom. The van der Waals surface area contributed by atoms with Gasteiger partial charge in [0.25, 0.3) is 5.91 Å². The Bertz CT molecular complexity index is 827. The number of amides is 1. The van der Waals surface area contributed by atoms with Crippen LogP contribution < -0.4 is 15.4 Å². The van der Waals surface area contributed by atoms with Gasteiger partial charge in [0.2, 0.25) is 0 Å². The summed E-state index contributed by atoms with van der Waals surface area (Å²) in [6.07, 6.45) is 4.65. The Labute approximate surface area is 185 Å². The van der Waals surface area contributed by atoms with Crippen LogP contribution in [-0.4, -0.2) is 59.1 Å². The Kier molecular flexibility index (Phi) is 8.23. The van der Waals surface area contributed by atoms with Crippen molar-refractivity contribution in [3.63, 3.8) is 0 Å². The van der Waals surface area contributed by atoms with Crippen LogP contribution in [0, 0.1) is 13.8 Å². The van der Waals surface area contributed by atoms with Crippen molar-refractivity contribution in [2.24, 2.45) is 0 Å². The number of ether oxygens (including phenoxy) is 1. The van der Waals surface area contributed by atoms with Crippen molar-refractivity contribution in [2.75, 3.05) is 31.6 Å². The van der Waals surface area contributed by atoms with Crippen molar-refractivity contribution >= 4 is 11.6 Å². The molecule has 0 saturated carbocycles. The number of nitrogens with one attached hydrogen (secondary N) is 2. The summed E-state index contributed by atoms with van der Waals surface area (Å²) >= 11 is 0. The predicted molar refractivity (Wildman–Crippen MR) is 124 cm³/mol. The number of aryl methyl sites for hydroxylation is 2. The second-order valence-electron chi connectivity index (χ2n) is 8.23. The lowest BCUT2D eigenvalue weighted by atomic mass is 10.0. The molecule has 0 spiro atoms. The Balaban J connectivity index is 1.39. The molecule has 1 amide bonds. The van der Waals surface area contributed by atoms with Crippen LogP contribution in [0.4, 0.5) is 5.69 Å². The number of rotatable bonds is 9. The lowest BCUT2D eigenvalue weighted by molar-refractivity contribution is 0.0943. The minimum Gasteiger partial charge on any atom is -0.494 e. The van der Waals surface area contributed by atoms with Crippen LogP contribution in [0.3, 0.4) is 0 Å². The van der Waals surface area contributed by atoms with Crippen LogP contribution in [0.25, 0.3) is 0 Å². The zero-order valence-corrected chi connectivity index (χ0v) is 19.1. The molecule has 7 heteroatoms. The van der Waals surface area contributed by atoms with Gasteiger partial charge >= 0.3 is 0 Å². The zero-order chi connectivity index (χ0) is 22.2. The molecule has 1 saturated heterocycles. The highest BCUT2D eigenvalue weighted by Crippen LogP contribution is 2.21. The minimum atomic E-state index is -0.0823. The molecule has 2 heterocycles. The van der Waals surface area contributed by atoms with E-state index in [1.807, 2.05) is 32.9 Å². The quantitative estimate of drug-likeness (QED) is 0.639. The summed E-state index contributed by atoms with van der Waals surface area (Å²) in [6.45, 7) is 11.4. The van der Waals surface area contributed by atoms with E-state index in [9.17, 15) is 4.79 Å². The third-order valence-corrected chi connectivity index (χ3v) is 5.99. The van der Waals surface area contributed by atoms with E-state index in [1.54, 1.807) is 0 Å². The summed E-state index contributed by atoms with van der Waals surface area (Å²) in [5.74, 6) is 0.829. The summed E-state index contributed by atoms with van der Waals surface area (Å²) in [6, 6.07) is 9.13. The van der Waals surface area contributed by atoms with Crippen LogP contribution in [-0.2, 0) is 0 Å². The largest absolute Gasteiger partial charge is 0.494 e. The van der Waals surface area contributed by atoms with Gasteiger partial charge in [-0.05, 0) is 71.2 Å². The van der Waals surface area contributed by atoms with Crippen molar-refractivity contribution in [1.82, 2.24) is 20.2 Å². The standard InChI is InChI=1S/C24H35N5O2/c1-5-31-22-8-6-20(7-9-22)28-21-11-14-29(15-12-21)17(2)10-13-25-24(30)23-18(3)26-16-27-19(23)4/h6-9,16-17,21,28H,5,10-15H2,1-4H3,(H,25,30)/t17-/m1/s1. The highest BCUT2D eigenvalue weighted by molar-refractivity contribution is 5.96. The number of carbonyl (C=O) groups is 1. The third kappa shape index (κ3) is 6.40. The van der Waals surface area contributed by atoms with Crippen LogP contribution >= 0.6 is 0 Å². The van der Waals surface area contributed by atoms with Crippen molar-refractivity contribution in [2.45, 2.75) is 59.0 Å². The SMILES string of the molecule is CCOc1ccc(NC2CCN([C@H](C)CCNC(=O)c3c(C)ncnc3C)CC2)cc1. The molecule has 168 valence electrons. The van der Waals surface area contributed by atoms with E-state index in [4.69, 9.17) is 4.74 Å². The molecule has 7 nitrogen and oxygen atoms in total. The first kappa shape index (κ1) is 23.0. The van der Waals surface area contributed by atoms with Crippen molar-refractivity contribution in [1.29, 1.82) is 0 Å². The number of aromatic nitrogens is 2. The number of hydrogen-bond donors (Lipinski definition) is 2. The molecular weight excluding hydrogens is 390 g/mol. The van der Waals surface area contributed by atoms with Gasteiger partial charge < -0.3 is 20.3 Å². The first-order chi connectivity index (χ1) is 15.0. The molecule has 31 heavy (non-hydrogen) atoms. The van der Waals surface area contributed by atoms with E-state index in [0.717, 1.165) is 55.2 Å². The van der Waals surface area contributed by atoms with Gasteiger partial charge in [-0.2, -0.15) is 0 Å². The average molecular weight is 426 g/mol. The van der Waals surface area contributed by atoms with Gasteiger partial charge in [-0.1, -0.05) is 0 Å². The van der Waals surface area contributed by atoms with E-state index < -0.39 is 0 Å². The topological polar surface area (TPSA) is 79.4 Å². The molecule has 0 radical (unpaired) electrons. The molecule has 2 aromatic rings. The van der Waals surface area contributed by atoms with Gasteiger partial charge in [0.05, 0.1) is 23.6 Å². The number of nitrogens with zero attached hydrogens (tertiary/aromatic N) is 3. The highest BCUT2D eigenvalue weighted by Gasteiger charge is 2.23. The van der Waals surface area contributed by atoms with E-state index in [0.29, 0.717) is 30.8 Å². The molecule has 1 aliphatic heterocycles. The minimum absolute atomic E-state index is 0.0823. The van der Waals surface area contributed by atoms with Gasteiger partial charge in [-0.25, -0.2) is 9.97 Å². The summed E-state index contributed by atoms with van der Waals surface area (Å²) in [5.41, 5.74) is 3.18. The summed E-state index contributed by atoms with van der Waals surface area (Å²) in [5, 5.41) is 6.68. The fourth-order valence-electron chi connectivity index (χ4n) is 4.12. The number of carbonyl (C=O) groups excluding carboxylic acids is 1. The van der Waals surface area contributed by atoms with Gasteiger partial charge in [0.1, 0.15) is 12.1 Å². The van der Waals surface area contributed by atoms with Gasteiger partial charge in [0, 0.05) is 37.4 Å². The number of hydrogen-bond acceptors (Lipinski definition) is 6. The molecule has 1 aromatic carbocycles. The second kappa shape index (κ2) is 11.1. The van der Waals surface area contributed by atoms with Gasteiger partial charge in [0.15, 0.2) is 0 Å². The Hall–Kier alpha value is -2.67. The molecule has 1 atom stereocenters. The van der Waals surface area contributed by atoms with Gasteiger partial charge in [-0.3, -0.25) is 4.79 Å². The zero-order valence-electron chi connectivity index (χ0n) is 19.1. The lowest BCUT2D eigenvalue weighted by Gasteiger charge is -2.36. The van der Waals surface area contributed by atoms with E-state index >= 15 is 0 Å². The second-order valence-corrected chi connectivity index (χ2v) is 8.23. The third-order valence-electron chi connectivity index (χ3n) is 5.99. The van der Waals surface area contributed by atoms with Crippen molar-refractivity contribution in [3.05, 3.63) is 47.5 Å². The summed E-state index contributed by atoms with van der Waals surface area (Å²) < 4.78 is 5.51. The van der Waals surface area contributed by atoms with Crippen LogP contribution in [0.1, 0.15) is 54.9 Å². The maximum absolute atomic E-state index is 12.5. The van der Waals surface area contributed by atoms with Crippen LogP contribution in [0.15, 0.2) is 30.6 Å². The van der Waals surface area contributed by atoms with Crippen LogP contribution in [0.2, 0.25) is 0 Å². The number of anilines is 1. The number of benzene rings is 1. The molecular formula is C24H35N5O2. The fraction of sp³-hybridized carbons (Fsp3) is 0.542. The molecule has 0 bridgehead atoms. The predicted octanol–water partition coefficient (Wildman–Crippen LogP) is 3.58. The lowest BCUT2D eigenvalue weighted by Crippen LogP contribution is -2.44. The fourth-order valence-corrected chi connectivity index (χ4v) is 4.12. The molecule has 1 aromatic heterocycles. The number of likely N-dealkylation sites (tertiary alicyclic amines) is 1. The van der Waals surface area contributed by atoms with E-state index in [1.165, 1.54) is 6.33 Å². The maximum Gasteiger partial charge on any atom is 0.254 e.